The van der Waals surface area contributed by atoms with Crippen LogP contribution < -0.4 is 0 Å². The van der Waals surface area contributed by atoms with Crippen molar-refractivity contribution in [2.24, 2.45) is 16.7 Å². The summed E-state index contributed by atoms with van der Waals surface area (Å²) in [5.74, 6) is 0.674. The molecule has 0 spiro atoms. The first-order valence-corrected chi connectivity index (χ1v) is 7.10. The molecule has 2 aliphatic rings. The molecule has 0 aromatic carbocycles. The summed E-state index contributed by atoms with van der Waals surface area (Å²) < 4.78 is 0. The van der Waals surface area contributed by atoms with E-state index in [-0.39, 0.29) is 11.3 Å². The lowest BCUT2D eigenvalue weighted by Crippen LogP contribution is -2.41. The van der Waals surface area contributed by atoms with Crippen LogP contribution in [0.15, 0.2) is 0 Å². The van der Waals surface area contributed by atoms with Gasteiger partial charge in [-0.3, -0.25) is 4.79 Å². The Morgan fingerprint density at radius 1 is 1.33 bits per heavy atom. The molecule has 1 saturated heterocycles. The maximum Gasteiger partial charge on any atom is 0.243 e. The molecule has 1 unspecified atom stereocenters. The van der Waals surface area contributed by atoms with E-state index in [1.165, 1.54) is 0 Å². The Kier molecular flexibility index (Phi) is 3.40. The largest absolute Gasteiger partial charge is 0.341 e. The van der Waals surface area contributed by atoms with Crippen LogP contribution in [0.5, 0.6) is 0 Å². The van der Waals surface area contributed by atoms with Gasteiger partial charge in [0, 0.05) is 13.1 Å². The Bertz CT molecular complexity index is 369. The number of hydrogen-bond acceptors (Lipinski definition) is 2. The summed E-state index contributed by atoms with van der Waals surface area (Å²) in [6.45, 7) is 8.39. The lowest BCUT2D eigenvalue weighted by molar-refractivity contribution is -0.138. The molecule has 2 rings (SSSR count). The van der Waals surface area contributed by atoms with Gasteiger partial charge in [-0.05, 0) is 30.6 Å². The van der Waals surface area contributed by atoms with Gasteiger partial charge in [0.15, 0.2) is 0 Å². The fraction of sp³-hybridized carbons (Fsp3) is 0.867. The Balaban J connectivity index is 2.06. The molecule has 1 heterocycles. The maximum absolute atomic E-state index is 12.6. The Morgan fingerprint density at radius 2 is 1.94 bits per heavy atom. The molecule has 0 bridgehead atoms. The number of nitrogens with zero attached hydrogens (tertiary/aromatic N) is 2. The third kappa shape index (κ3) is 2.25. The molecule has 0 aromatic heterocycles. The second-order valence-corrected chi connectivity index (χ2v) is 7.00. The van der Waals surface area contributed by atoms with Crippen LogP contribution in [0.4, 0.5) is 0 Å². The van der Waals surface area contributed by atoms with E-state index < -0.39 is 5.41 Å². The summed E-state index contributed by atoms with van der Waals surface area (Å²) in [6.07, 6.45) is 4.65. The monoisotopic (exact) mass is 248 g/mol. The third-order valence-corrected chi connectivity index (χ3v) is 4.78. The zero-order valence-corrected chi connectivity index (χ0v) is 11.8. The van der Waals surface area contributed by atoms with E-state index in [1.807, 2.05) is 4.90 Å². The van der Waals surface area contributed by atoms with Crippen molar-refractivity contribution in [3.05, 3.63) is 0 Å². The Hall–Kier alpha value is -1.04. The predicted octanol–water partition coefficient (Wildman–Crippen LogP) is 2.96. The Morgan fingerprint density at radius 3 is 2.39 bits per heavy atom. The summed E-state index contributed by atoms with van der Waals surface area (Å²) >= 11 is 0. The summed E-state index contributed by atoms with van der Waals surface area (Å²) in [4.78, 5) is 14.5. The lowest BCUT2D eigenvalue weighted by atomic mass is 9.80. The second-order valence-electron chi connectivity index (χ2n) is 7.00. The topological polar surface area (TPSA) is 44.1 Å². The third-order valence-electron chi connectivity index (χ3n) is 4.78. The van der Waals surface area contributed by atoms with Crippen molar-refractivity contribution in [3.8, 4) is 6.07 Å². The first kappa shape index (κ1) is 13.4. The van der Waals surface area contributed by atoms with Crippen molar-refractivity contribution in [2.75, 3.05) is 13.1 Å². The van der Waals surface area contributed by atoms with Crippen LogP contribution >= 0.6 is 0 Å². The average molecular weight is 248 g/mol. The highest BCUT2D eigenvalue weighted by atomic mass is 16.2. The summed E-state index contributed by atoms with van der Waals surface area (Å²) in [5.41, 5.74) is -0.433. The first-order valence-electron chi connectivity index (χ1n) is 7.10. The molecule has 1 aliphatic heterocycles. The van der Waals surface area contributed by atoms with E-state index in [2.05, 4.69) is 26.8 Å². The zero-order valence-electron chi connectivity index (χ0n) is 11.8. The second kappa shape index (κ2) is 4.57. The molecule has 1 saturated carbocycles. The number of hydrogen-bond donors (Lipinski definition) is 0. The van der Waals surface area contributed by atoms with Gasteiger partial charge in [0.2, 0.25) is 5.91 Å². The van der Waals surface area contributed by atoms with E-state index in [0.29, 0.717) is 5.92 Å². The molecule has 0 radical (unpaired) electrons. The lowest BCUT2D eigenvalue weighted by Gasteiger charge is -2.29. The van der Waals surface area contributed by atoms with Gasteiger partial charge in [0.05, 0.1) is 6.07 Å². The normalized spacial score (nSPS) is 27.2. The number of carbonyl (C=O) groups is 1. The van der Waals surface area contributed by atoms with E-state index in [9.17, 15) is 10.1 Å². The fourth-order valence-electron chi connectivity index (χ4n) is 3.31. The van der Waals surface area contributed by atoms with E-state index >= 15 is 0 Å². The molecule has 100 valence electrons. The number of nitriles is 1. The number of amides is 1. The summed E-state index contributed by atoms with van der Waals surface area (Å²) in [5, 5.41) is 9.38. The molecule has 1 aliphatic carbocycles. The highest BCUT2D eigenvalue weighted by Gasteiger charge is 2.46. The van der Waals surface area contributed by atoms with Gasteiger partial charge in [-0.25, -0.2) is 0 Å². The molecule has 18 heavy (non-hydrogen) atoms. The van der Waals surface area contributed by atoms with Crippen LogP contribution in [0.3, 0.4) is 0 Å². The maximum atomic E-state index is 12.6. The Labute approximate surface area is 110 Å². The van der Waals surface area contributed by atoms with Gasteiger partial charge in [0.1, 0.15) is 5.41 Å². The predicted molar refractivity (Wildman–Crippen MR) is 70.7 cm³/mol. The molecular formula is C15H24N2O. The molecule has 3 heteroatoms. The van der Waals surface area contributed by atoms with Crippen molar-refractivity contribution in [2.45, 2.75) is 52.9 Å². The summed E-state index contributed by atoms with van der Waals surface area (Å²) in [7, 11) is 0. The van der Waals surface area contributed by atoms with Gasteiger partial charge in [0.25, 0.3) is 0 Å². The molecule has 1 amide bonds. The van der Waals surface area contributed by atoms with Crippen LogP contribution in [-0.4, -0.2) is 23.9 Å². The molecule has 0 aromatic rings. The minimum atomic E-state index is -0.688. The minimum Gasteiger partial charge on any atom is -0.341 e. The molecule has 1 atom stereocenters. The van der Waals surface area contributed by atoms with Crippen LogP contribution in [0.25, 0.3) is 0 Å². The van der Waals surface area contributed by atoms with Crippen LogP contribution in [0.1, 0.15) is 52.9 Å². The van der Waals surface area contributed by atoms with Crippen molar-refractivity contribution in [3.63, 3.8) is 0 Å². The van der Waals surface area contributed by atoms with Gasteiger partial charge in [-0.15, -0.1) is 0 Å². The number of carbonyl (C=O) groups excluding carboxylic acids is 1. The van der Waals surface area contributed by atoms with Gasteiger partial charge in [-0.1, -0.05) is 33.6 Å². The highest BCUT2D eigenvalue weighted by molar-refractivity contribution is 5.86. The molecular weight excluding hydrogens is 224 g/mol. The van der Waals surface area contributed by atoms with E-state index in [0.717, 1.165) is 45.2 Å². The van der Waals surface area contributed by atoms with Crippen LogP contribution in [0.2, 0.25) is 0 Å². The van der Waals surface area contributed by atoms with Gasteiger partial charge < -0.3 is 4.90 Å². The van der Waals surface area contributed by atoms with Crippen LogP contribution in [-0.2, 0) is 4.79 Å². The zero-order chi connectivity index (χ0) is 13.4. The molecule has 3 nitrogen and oxygen atoms in total. The highest BCUT2D eigenvalue weighted by Crippen LogP contribution is 2.41. The number of likely N-dealkylation sites (tertiary alicyclic amines) is 1. The van der Waals surface area contributed by atoms with Crippen molar-refractivity contribution >= 4 is 5.91 Å². The quantitative estimate of drug-likeness (QED) is 0.716. The van der Waals surface area contributed by atoms with E-state index in [4.69, 9.17) is 0 Å². The van der Waals surface area contributed by atoms with Crippen molar-refractivity contribution in [1.82, 2.24) is 4.90 Å². The van der Waals surface area contributed by atoms with Crippen LogP contribution in [0, 0.1) is 28.1 Å². The fourth-order valence-corrected chi connectivity index (χ4v) is 3.31. The molecule has 2 fully saturated rings. The molecule has 0 N–H and O–H groups in total. The van der Waals surface area contributed by atoms with Gasteiger partial charge in [-0.2, -0.15) is 5.26 Å². The SMILES string of the molecule is CC(C)(C)C1CCN(C(=O)C2(C#N)CCCC2)C1. The smallest absolute Gasteiger partial charge is 0.243 e. The first-order chi connectivity index (χ1) is 8.39. The van der Waals surface area contributed by atoms with Crippen molar-refractivity contribution < 1.29 is 4.79 Å². The minimum absolute atomic E-state index is 0.106. The number of rotatable bonds is 1. The van der Waals surface area contributed by atoms with Gasteiger partial charge >= 0.3 is 0 Å². The average Bonchev–Trinajstić information content (AvgIpc) is 2.97. The van der Waals surface area contributed by atoms with Crippen molar-refractivity contribution in [1.29, 1.82) is 5.26 Å². The summed E-state index contributed by atoms with van der Waals surface area (Å²) in [6, 6.07) is 2.32. The van der Waals surface area contributed by atoms with E-state index in [1.54, 1.807) is 0 Å². The standard InChI is InChI=1S/C15H24N2O/c1-14(2,3)12-6-9-17(10-12)13(18)15(11-16)7-4-5-8-15/h12H,4-10H2,1-3H3.